The molecule has 0 aromatic carbocycles. The number of rotatable bonds is 7. The molecule has 0 heterocycles. The van der Waals surface area contributed by atoms with E-state index in [-0.39, 0.29) is 29.2 Å². The minimum absolute atomic E-state index is 0.0597. The number of esters is 1. The van der Waals surface area contributed by atoms with Crippen LogP contribution < -0.4 is 0 Å². The summed E-state index contributed by atoms with van der Waals surface area (Å²) in [5, 5.41) is 0. The molecular weight excluding hydrogens is 360 g/mol. The van der Waals surface area contributed by atoms with Crippen LogP contribution >= 0.6 is 0 Å². The summed E-state index contributed by atoms with van der Waals surface area (Å²) in [6.07, 6.45) is 14.0. The summed E-state index contributed by atoms with van der Waals surface area (Å²) in [6, 6.07) is 0. The maximum Gasteiger partial charge on any atom is 0.314 e. The summed E-state index contributed by atoms with van der Waals surface area (Å²) in [5.41, 5.74) is -0.645. The highest BCUT2D eigenvalue weighted by Gasteiger charge is 2.48. The van der Waals surface area contributed by atoms with Gasteiger partial charge in [0.15, 0.2) is 0 Å². The predicted molar refractivity (Wildman–Crippen MR) is 121 cm³/mol. The Kier molecular flexibility index (Phi) is 8.65. The Bertz CT molecular complexity index is 481. The number of ether oxygens (including phenoxy) is 2. The van der Waals surface area contributed by atoms with Crippen LogP contribution in [0.5, 0.6) is 0 Å². The number of hydrogen-bond acceptors (Lipinski definition) is 3. The summed E-state index contributed by atoms with van der Waals surface area (Å²) >= 11 is 0. The van der Waals surface area contributed by atoms with Crippen LogP contribution in [0.2, 0.25) is 0 Å². The molecule has 2 aliphatic rings. The van der Waals surface area contributed by atoms with Crippen LogP contribution in [-0.2, 0) is 14.3 Å². The Morgan fingerprint density at radius 1 is 0.828 bits per heavy atom. The first-order chi connectivity index (χ1) is 13.4. The molecular formula is C26H48O3. The lowest BCUT2D eigenvalue weighted by atomic mass is 9.61. The third-order valence-corrected chi connectivity index (χ3v) is 7.38. The summed E-state index contributed by atoms with van der Waals surface area (Å²) < 4.78 is 12.7. The Balaban J connectivity index is 2.13. The van der Waals surface area contributed by atoms with Gasteiger partial charge in [0.25, 0.3) is 0 Å². The maximum absolute atomic E-state index is 13.6. The van der Waals surface area contributed by atoms with Crippen molar-refractivity contribution in [1.82, 2.24) is 0 Å². The van der Waals surface area contributed by atoms with E-state index in [2.05, 4.69) is 48.5 Å². The van der Waals surface area contributed by atoms with Gasteiger partial charge < -0.3 is 9.47 Å². The van der Waals surface area contributed by atoms with Crippen LogP contribution in [0, 0.1) is 22.2 Å². The Labute approximate surface area is 180 Å². The SMILES string of the molecule is CC(C)(C)CC(C)(C(=O)OC(CC1CCCCC1)OC1CCCCC1)C(C)(C)C. The Morgan fingerprint density at radius 2 is 1.34 bits per heavy atom. The van der Waals surface area contributed by atoms with E-state index < -0.39 is 5.41 Å². The van der Waals surface area contributed by atoms with E-state index in [0.717, 1.165) is 25.7 Å². The highest BCUT2D eigenvalue weighted by Crippen LogP contribution is 2.48. The van der Waals surface area contributed by atoms with Gasteiger partial charge in [-0.3, -0.25) is 4.79 Å². The summed E-state index contributed by atoms with van der Waals surface area (Å²) in [7, 11) is 0. The quantitative estimate of drug-likeness (QED) is 0.320. The lowest BCUT2D eigenvalue weighted by Crippen LogP contribution is -2.46. The fourth-order valence-corrected chi connectivity index (χ4v) is 5.20. The van der Waals surface area contributed by atoms with Crippen molar-refractivity contribution in [1.29, 1.82) is 0 Å². The molecule has 2 unspecified atom stereocenters. The second-order valence-electron chi connectivity index (χ2n) is 12.3. The normalized spacial score (nSPS) is 23.4. The standard InChI is InChI=1S/C26H48O3/c1-24(2,3)19-26(7,25(4,5)6)23(27)29-22(18-20-14-10-8-11-15-20)28-21-16-12-9-13-17-21/h20-22H,8-19H2,1-7H3. The molecule has 2 saturated carbocycles. The van der Waals surface area contributed by atoms with Crippen molar-refractivity contribution >= 4 is 5.97 Å². The molecule has 2 rings (SSSR count). The highest BCUT2D eigenvalue weighted by atomic mass is 16.7. The van der Waals surface area contributed by atoms with E-state index >= 15 is 0 Å². The van der Waals surface area contributed by atoms with Gasteiger partial charge in [0.2, 0.25) is 6.29 Å². The van der Waals surface area contributed by atoms with Crippen LogP contribution in [-0.4, -0.2) is 18.4 Å². The van der Waals surface area contributed by atoms with Gasteiger partial charge in [-0.15, -0.1) is 0 Å². The minimum Gasteiger partial charge on any atom is -0.435 e. The molecule has 2 aliphatic carbocycles. The van der Waals surface area contributed by atoms with Crippen molar-refractivity contribution in [2.45, 2.75) is 138 Å². The third kappa shape index (κ3) is 7.56. The zero-order valence-corrected chi connectivity index (χ0v) is 20.4. The van der Waals surface area contributed by atoms with Gasteiger partial charge in [0.1, 0.15) is 0 Å². The average Bonchev–Trinajstić information content (AvgIpc) is 2.61. The summed E-state index contributed by atoms with van der Waals surface area (Å²) in [4.78, 5) is 13.6. The van der Waals surface area contributed by atoms with Gasteiger partial charge in [0.05, 0.1) is 11.5 Å². The summed E-state index contributed by atoms with van der Waals surface area (Å²) in [6.45, 7) is 15.2. The van der Waals surface area contributed by atoms with Crippen LogP contribution in [0.4, 0.5) is 0 Å². The second kappa shape index (κ2) is 10.2. The zero-order valence-electron chi connectivity index (χ0n) is 20.4. The van der Waals surface area contributed by atoms with Crippen molar-refractivity contribution in [2.24, 2.45) is 22.2 Å². The average molecular weight is 409 g/mol. The monoisotopic (exact) mass is 408 g/mol. The lowest BCUT2D eigenvalue weighted by molar-refractivity contribution is -0.213. The molecule has 0 spiro atoms. The van der Waals surface area contributed by atoms with E-state index in [1.54, 1.807) is 0 Å². The van der Waals surface area contributed by atoms with Crippen LogP contribution in [0.15, 0.2) is 0 Å². The molecule has 0 aromatic heterocycles. The molecule has 2 fully saturated rings. The number of hydrogen-bond donors (Lipinski definition) is 0. The van der Waals surface area contributed by atoms with Crippen molar-refractivity contribution < 1.29 is 14.3 Å². The third-order valence-electron chi connectivity index (χ3n) is 7.38. The summed E-state index contributed by atoms with van der Waals surface area (Å²) in [5.74, 6) is 0.560. The maximum atomic E-state index is 13.6. The van der Waals surface area contributed by atoms with Gasteiger partial charge in [-0.05, 0) is 42.9 Å². The second-order valence-corrected chi connectivity index (χ2v) is 12.3. The molecule has 0 aliphatic heterocycles. The molecule has 29 heavy (non-hydrogen) atoms. The molecule has 0 radical (unpaired) electrons. The lowest BCUT2D eigenvalue weighted by Gasteiger charge is -2.44. The Hall–Kier alpha value is -0.570. The van der Waals surface area contributed by atoms with E-state index in [9.17, 15) is 4.79 Å². The van der Waals surface area contributed by atoms with E-state index in [4.69, 9.17) is 9.47 Å². The minimum atomic E-state index is -0.536. The van der Waals surface area contributed by atoms with Gasteiger partial charge in [-0.2, -0.15) is 0 Å². The fourth-order valence-electron chi connectivity index (χ4n) is 5.20. The van der Waals surface area contributed by atoms with E-state index in [0.29, 0.717) is 5.92 Å². The van der Waals surface area contributed by atoms with E-state index in [1.165, 1.54) is 51.4 Å². The van der Waals surface area contributed by atoms with Gasteiger partial charge >= 0.3 is 5.97 Å². The van der Waals surface area contributed by atoms with Crippen molar-refractivity contribution in [3.63, 3.8) is 0 Å². The van der Waals surface area contributed by atoms with E-state index in [1.807, 2.05) is 0 Å². The van der Waals surface area contributed by atoms with Crippen LogP contribution in [0.25, 0.3) is 0 Å². The Morgan fingerprint density at radius 3 is 1.83 bits per heavy atom. The molecule has 0 aromatic rings. The molecule has 0 amide bonds. The largest absolute Gasteiger partial charge is 0.435 e. The first-order valence-corrected chi connectivity index (χ1v) is 12.3. The molecule has 0 bridgehead atoms. The van der Waals surface area contributed by atoms with Crippen LogP contribution in [0.1, 0.15) is 126 Å². The molecule has 2 atom stereocenters. The predicted octanol–water partition coefficient (Wildman–Crippen LogP) is 7.66. The first-order valence-electron chi connectivity index (χ1n) is 12.3. The highest BCUT2D eigenvalue weighted by molar-refractivity contribution is 5.77. The molecule has 170 valence electrons. The topological polar surface area (TPSA) is 35.5 Å². The smallest absolute Gasteiger partial charge is 0.314 e. The molecule has 3 heteroatoms. The van der Waals surface area contributed by atoms with Crippen molar-refractivity contribution in [3.8, 4) is 0 Å². The molecule has 0 saturated heterocycles. The zero-order chi connectivity index (χ0) is 21.7. The van der Waals surface area contributed by atoms with Crippen LogP contribution in [0.3, 0.4) is 0 Å². The van der Waals surface area contributed by atoms with Gasteiger partial charge in [-0.1, -0.05) is 92.9 Å². The van der Waals surface area contributed by atoms with Gasteiger partial charge in [-0.25, -0.2) is 0 Å². The first kappa shape index (κ1) is 24.7. The number of carbonyl (C=O) groups is 1. The fraction of sp³-hybridized carbons (Fsp3) is 0.962. The van der Waals surface area contributed by atoms with Crippen molar-refractivity contribution in [2.75, 3.05) is 0 Å². The molecule has 0 N–H and O–H groups in total. The van der Waals surface area contributed by atoms with Crippen molar-refractivity contribution in [3.05, 3.63) is 0 Å². The number of carbonyl (C=O) groups excluding carboxylic acids is 1. The molecule has 3 nitrogen and oxygen atoms in total. The van der Waals surface area contributed by atoms with Gasteiger partial charge in [0, 0.05) is 6.42 Å².